The van der Waals surface area contributed by atoms with Crippen molar-refractivity contribution in [3.63, 3.8) is 0 Å². The number of ether oxygens (including phenoxy) is 1. The van der Waals surface area contributed by atoms with Gasteiger partial charge in [-0.25, -0.2) is 9.59 Å². The molecule has 0 fully saturated rings. The summed E-state index contributed by atoms with van der Waals surface area (Å²) in [5, 5.41) is 10.6. The van der Waals surface area contributed by atoms with Gasteiger partial charge in [0.05, 0.1) is 0 Å². The van der Waals surface area contributed by atoms with Gasteiger partial charge in [-0.3, -0.25) is 0 Å². The number of hydrogen-bond acceptors (Lipinski definition) is 3. The van der Waals surface area contributed by atoms with Crippen LogP contribution in [0.4, 0.5) is 18.0 Å². The first kappa shape index (κ1) is 15.5. The first-order chi connectivity index (χ1) is 7.67. The maximum absolute atomic E-state index is 11.7. The van der Waals surface area contributed by atoms with Crippen LogP contribution in [0, 0.1) is 5.92 Å². The van der Waals surface area contributed by atoms with Crippen molar-refractivity contribution in [1.29, 1.82) is 0 Å². The lowest BCUT2D eigenvalue weighted by Crippen LogP contribution is -2.45. The average Bonchev–Trinajstić information content (AvgIpc) is 2.20. The number of alkyl carbamates (subject to hydrolysis) is 1. The predicted molar refractivity (Wildman–Crippen MR) is 51.4 cm³/mol. The van der Waals surface area contributed by atoms with Crippen molar-refractivity contribution in [3.8, 4) is 0 Å². The normalized spacial score (nSPS) is 14.9. The Morgan fingerprint density at radius 2 is 1.94 bits per heavy atom. The number of alkyl halides is 3. The van der Waals surface area contributed by atoms with Gasteiger partial charge in [0.2, 0.25) is 0 Å². The largest absolute Gasteiger partial charge is 0.480 e. The fourth-order valence-electron chi connectivity index (χ4n) is 0.999. The van der Waals surface area contributed by atoms with Crippen LogP contribution < -0.4 is 5.32 Å². The third-order valence-corrected chi connectivity index (χ3v) is 2.12. The van der Waals surface area contributed by atoms with E-state index in [1.165, 1.54) is 0 Å². The van der Waals surface area contributed by atoms with Crippen LogP contribution in [0.2, 0.25) is 0 Å². The molecule has 0 bridgehead atoms. The van der Waals surface area contributed by atoms with Crippen LogP contribution in [-0.4, -0.2) is 36.0 Å². The highest BCUT2D eigenvalue weighted by atomic mass is 19.4. The van der Waals surface area contributed by atoms with Gasteiger partial charge >= 0.3 is 18.2 Å². The van der Waals surface area contributed by atoms with Crippen LogP contribution in [-0.2, 0) is 9.53 Å². The molecule has 0 saturated heterocycles. The number of nitrogens with one attached hydrogen (secondary N) is 1. The summed E-state index contributed by atoms with van der Waals surface area (Å²) in [6, 6.07) is -1.26. The molecule has 0 heterocycles. The number of amides is 1. The maximum Gasteiger partial charge on any atom is 0.422 e. The molecule has 2 atom stereocenters. The van der Waals surface area contributed by atoms with E-state index in [1.807, 2.05) is 5.32 Å². The summed E-state index contributed by atoms with van der Waals surface area (Å²) in [4.78, 5) is 21.7. The van der Waals surface area contributed by atoms with Gasteiger partial charge in [0, 0.05) is 0 Å². The van der Waals surface area contributed by atoms with E-state index in [0.29, 0.717) is 6.42 Å². The molecule has 5 nitrogen and oxygen atoms in total. The number of carbonyl (C=O) groups excluding carboxylic acids is 1. The number of halogens is 3. The molecule has 0 aromatic rings. The summed E-state index contributed by atoms with van der Waals surface area (Å²) in [6.07, 6.45) is -5.57. The molecule has 1 amide bonds. The van der Waals surface area contributed by atoms with Gasteiger partial charge in [-0.15, -0.1) is 0 Å². The van der Waals surface area contributed by atoms with E-state index in [4.69, 9.17) is 5.11 Å². The fraction of sp³-hybridized carbons (Fsp3) is 0.778. The number of carboxylic acid groups (broad SMARTS) is 1. The molecule has 0 aromatic carbocycles. The molecule has 2 N–H and O–H groups in total. The molecule has 0 radical (unpaired) electrons. The van der Waals surface area contributed by atoms with E-state index in [2.05, 4.69) is 4.74 Å². The monoisotopic (exact) mass is 257 g/mol. The third-order valence-electron chi connectivity index (χ3n) is 2.12. The van der Waals surface area contributed by atoms with Crippen LogP contribution in [0.1, 0.15) is 20.3 Å². The number of rotatable bonds is 5. The van der Waals surface area contributed by atoms with Gasteiger partial charge in [0.25, 0.3) is 0 Å². The highest BCUT2D eigenvalue weighted by Gasteiger charge is 2.31. The summed E-state index contributed by atoms with van der Waals surface area (Å²) in [5.41, 5.74) is 0. The fourth-order valence-corrected chi connectivity index (χ4v) is 0.999. The van der Waals surface area contributed by atoms with E-state index in [0.717, 1.165) is 0 Å². The van der Waals surface area contributed by atoms with Gasteiger partial charge in [0.15, 0.2) is 6.61 Å². The van der Waals surface area contributed by atoms with Crippen molar-refractivity contribution in [2.24, 2.45) is 5.92 Å². The molecule has 17 heavy (non-hydrogen) atoms. The second kappa shape index (κ2) is 6.31. The molecule has 0 aliphatic heterocycles. The Morgan fingerprint density at radius 1 is 1.41 bits per heavy atom. The topological polar surface area (TPSA) is 75.6 Å². The zero-order valence-electron chi connectivity index (χ0n) is 9.37. The number of carbonyl (C=O) groups is 2. The molecule has 0 aromatic heterocycles. The zero-order chi connectivity index (χ0) is 13.6. The standard InChI is InChI=1S/C9H14F3NO4/c1-3-5(2)6(7(14)15)13-8(16)17-4-9(10,11)12/h5-6H,3-4H2,1-2H3,(H,13,16)(H,14,15)/t5-,6-/m0/s1. The number of aliphatic carboxylic acids is 1. The van der Waals surface area contributed by atoms with Crippen LogP contribution in [0.5, 0.6) is 0 Å². The summed E-state index contributed by atoms with van der Waals surface area (Å²) in [7, 11) is 0. The highest BCUT2D eigenvalue weighted by molar-refractivity contribution is 5.80. The van der Waals surface area contributed by atoms with E-state index in [1.54, 1.807) is 13.8 Å². The Hall–Kier alpha value is -1.47. The Balaban J connectivity index is 4.28. The SMILES string of the molecule is CC[C@H](C)[C@H](NC(=O)OCC(F)(F)F)C(=O)O. The van der Waals surface area contributed by atoms with Crippen molar-refractivity contribution in [2.45, 2.75) is 32.5 Å². The molecule has 0 unspecified atom stereocenters. The lowest BCUT2D eigenvalue weighted by atomic mass is 10.00. The Labute approximate surface area is 95.9 Å². The average molecular weight is 257 g/mol. The molecule has 0 aliphatic rings. The smallest absolute Gasteiger partial charge is 0.422 e. The van der Waals surface area contributed by atoms with Crippen molar-refractivity contribution in [1.82, 2.24) is 5.32 Å². The Bertz CT molecular complexity index is 280. The van der Waals surface area contributed by atoms with E-state index >= 15 is 0 Å². The van der Waals surface area contributed by atoms with Gasteiger partial charge in [-0.1, -0.05) is 20.3 Å². The third kappa shape index (κ3) is 6.64. The van der Waals surface area contributed by atoms with E-state index < -0.39 is 36.8 Å². The summed E-state index contributed by atoms with van der Waals surface area (Å²) < 4.78 is 39.0. The van der Waals surface area contributed by atoms with Gasteiger partial charge < -0.3 is 15.2 Å². The zero-order valence-corrected chi connectivity index (χ0v) is 9.37. The Kier molecular flexibility index (Phi) is 5.77. The quantitative estimate of drug-likeness (QED) is 0.787. The minimum Gasteiger partial charge on any atom is -0.480 e. The Morgan fingerprint density at radius 3 is 2.29 bits per heavy atom. The molecule has 100 valence electrons. The molecule has 0 saturated carbocycles. The molecule has 8 heteroatoms. The molecule has 0 spiro atoms. The maximum atomic E-state index is 11.7. The first-order valence-electron chi connectivity index (χ1n) is 4.90. The van der Waals surface area contributed by atoms with E-state index in [9.17, 15) is 22.8 Å². The predicted octanol–water partition coefficient (Wildman–Crippen LogP) is 1.77. The highest BCUT2D eigenvalue weighted by Crippen LogP contribution is 2.14. The number of hydrogen-bond donors (Lipinski definition) is 2. The second-order valence-electron chi connectivity index (χ2n) is 3.54. The van der Waals surface area contributed by atoms with Crippen LogP contribution in [0.15, 0.2) is 0 Å². The molecule has 0 rings (SSSR count). The molecular weight excluding hydrogens is 243 g/mol. The molecular formula is C9H14F3NO4. The summed E-state index contributed by atoms with van der Waals surface area (Å²) in [6.45, 7) is 1.51. The van der Waals surface area contributed by atoms with Gasteiger partial charge in [-0.05, 0) is 5.92 Å². The van der Waals surface area contributed by atoms with Crippen LogP contribution in [0.3, 0.4) is 0 Å². The van der Waals surface area contributed by atoms with Crippen LogP contribution >= 0.6 is 0 Å². The van der Waals surface area contributed by atoms with Crippen molar-refractivity contribution in [2.75, 3.05) is 6.61 Å². The minimum absolute atomic E-state index is 0.411. The first-order valence-corrected chi connectivity index (χ1v) is 4.90. The molecule has 0 aliphatic carbocycles. The summed E-state index contributed by atoms with van der Waals surface area (Å²) >= 11 is 0. The van der Waals surface area contributed by atoms with E-state index in [-0.39, 0.29) is 0 Å². The lowest BCUT2D eigenvalue weighted by Gasteiger charge is -2.19. The van der Waals surface area contributed by atoms with Crippen molar-refractivity contribution >= 4 is 12.1 Å². The number of carboxylic acids is 1. The van der Waals surface area contributed by atoms with Crippen LogP contribution in [0.25, 0.3) is 0 Å². The summed E-state index contributed by atoms with van der Waals surface area (Å²) in [5.74, 6) is -1.73. The van der Waals surface area contributed by atoms with Crippen molar-refractivity contribution < 1.29 is 32.6 Å². The minimum atomic E-state index is -4.63. The van der Waals surface area contributed by atoms with Gasteiger partial charge in [0.1, 0.15) is 6.04 Å². The van der Waals surface area contributed by atoms with Gasteiger partial charge in [-0.2, -0.15) is 13.2 Å². The second-order valence-corrected chi connectivity index (χ2v) is 3.54. The lowest BCUT2D eigenvalue weighted by molar-refractivity contribution is -0.160. The van der Waals surface area contributed by atoms with Crippen molar-refractivity contribution in [3.05, 3.63) is 0 Å².